The van der Waals surface area contributed by atoms with Crippen LogP contribution >= 0.6 is 11.3 Å². The van der Waals surface area contributed by atoms with Gasteiger partial charge in [0.1, 0.15) is 0 Å². The van der Waals surface area contributed by atoms with Gasteiger partial charge < -0.3 is 5.32 Å². The highest BCUT2D eigenvalue weighted by atomic mass is 32.1. The summed E-state index contributed by atoms with van der Waals surface area (Å²) >= 11 is 1.44. The molecular formula is C14H21N3O2S. The fourth-order valence-corrected chi connectivity index (χ4v) is 3.16. The molecule has 1 saturated heterocycles. The van der Waals surface area contributed by atoms with Crippen molar-refractivity contribution >= 4 is 28.3 Å². The van der Waals surface area contributed by atoms with Crippen molar-refractivity contribution in [1.82, 2.24) is 10.3 Å². The summed E-state index contributed by atoms with van der Waals surface area (Å²) in [4.78, 5) is 29.7. The second-order valence-corrected chi connectivity index (χ2v) is 5.86. The number of rotatable bonds is 6. The van der Waals surface area contributed by atoms with Crippen LogP contribution in [-0.4, -0.2) is 29.4 Å². The normalized spacial score (nSPS) is 15.2. The summed E-state index contributed by atoms with van der Waals surface area (Å²) in [5.74, 6) is 0.135. The van der Waals surface area contributed by atoms with Gasteiger partial charge in [0, 0.05) is 24.4 Å². The molecule has 0 aromatic carbocycles. The Labute approximate surface area is 123 Å². The third-order valence-corrected chi connectivity index (χ3v) is 4.45. The molecule has 0 bridgehead atoms. The van der Waals surface area contributed by atoms with E-state index in [9.17, 15) is 9.59 Å². The van der Waals surface area contributed by atoms with Crippen LogP contribution in [0.1, 0.15) is 45.2 Å². The molecule has 20 heavy (non-hydrogen) atoms. The smallest absolute Gasteiger partial charge is 0.228 e. The molecule has 0 aliphatic carbocycles. The van der Waals surface area contributed by atoms with Crippen LogP contribution < -0.4 is 10.2 Å². The first-order chi connectivity index (χ1) is 9.63. The van der Waals surface area contributed by atoms with Gasteiger partial charge in [0.15, 0.2) is 5.13 Å². The quantitative estimate of drug-likeness (QED) is 0.874. The molecule has 1 fully saturated rings. The molecule has 2 amide bonds. The zero-order valence-electron chi connectivity index (χ0n) is 12.0. The van der Waals surface area contributed by atoms with E-state index >= 15 is 0 Å². The molecule has 0 spiro atoms. The zero-order chi connectivity index (χ0) is 14.5. The number of nitrogens with one attached hydrogen (secondary N) is 1. The maximum absolute atomic E-state index is 11.9. The average molecular weight is 295 g/mol. The van der Waals surface area contributed by atoms with E-state index in [4.69, 9.17) is 0 Å². The van der Waals surface area contributed by atoms with Crippen molar-refractivity contribution in [2.24, 2.45) is 0 Å². The van der Waals surface area contributed by atoms with Crippen LogP contribution in [0.3, 0.4) is 0 Å². The first-order valence-electron chi connectivity index (χ1n) is 7.18. The number of hydrogen-bond acceptors (Lipinski definition) is 4. The van der Waals surface area contributed by atoms with Gasteiger partial charge >= 0.3 is 0 Å². The molecule has 0 unspecified atom stereocenters. The lowest BCUT2D eigenvalue weighted by atomic mass is 10.1. The number of carbonyl (C=O) groups is 2. The number of amides is 2. The number of carbonyl (C=O) groups excluding carboxylic acids is 2. The molecule has 0 atom stereocenters. The minimum atomic E-state index is 0.00305. The van der Waals surface area contributed by atoms with Crippen LogP contribution in [0.5, 0.6) is 0 Å². The van der Waals surface area contributed by atoms with Crippen molar-refractivity contribution in [2.75, 3.05) is 11.4 Å². The lowest BCUT2D eigenvalue weighted by molar-refractivity contribution is -0.121. The Morgan fingerprint density at radius 2 is 2.25 bits per heavy atom. The van der Waals surface area contributed by atoms with Gasteiger partial charge in [-0.3, -0.25) is 14.5 Å². The van der Waals surface area contributed by atoms with Gasteiger partial charge in [-0.1, -0.05) is 13.8 Å². The van der Waals surface area contributed by atoms with E-state index in [0.717, 1.165) is 36.6 Å². The van der Waals surface area contributed by atoms with E-state index in [1.807, 2.05) is 5.38 Å². The Hall–Kier alpha value is -1.43. The number of aromatic nitrogens is 1. The summed E-state index contributed by atoms with van der Waals surface area (Å²) in [5, 5.41) is 5.59. The van der Waals surface area contributed by atoms with Crippen LogP contribution in [0.25, 0.3) is 0 Å². The summed E-state index contributed by atoms with van der Waals surface area (Å²) < 4.78 is 0. The largest absolute Gasteiger partial charge is 0.353 e. The van der Waals surface area contributed by atoms with Crippen molar-refractivity contribution in [1.29, 1.82) is 0 Å². The van der Waals surface area contributed by atoms with Crippen molar-refractivity contribution in [3.8, 4) is 0 Å². The third kappa shape index (κ3) is 3.56. The van der Waals surface area contributed by atoms with Crippen LogP contribution in [0.15, 0.2) is 5.38 Å². The summed E-state index contributed by atoms with van der Waals surface area (Å²) in [5.41, 5.74) is 0.744. The van der Waals surface area contributed by atoms with E-state index in [1.165, 1.54) is 11.3 Å². The predicted molar refractivity (Wildman–Crippen MR) is 79.9 cm³/mol. The van der Waals surface area contributed by atoms with Gasteiger partial charge in [0.25, 0.3) is 0 Å². The lowest BCUT2D eigenvalue weighted by Gasteiger charge is -2.14. The van der Waals surface area contributed by atoms with Crippen molar-refractivity contribution in [3.63, 3.8) is 0 Å². The van der Waals surface area contributed by atoms with Crippen LogP contribution in [0.4, 0.5) is 5.13 Å². The number of nitrogens with zero attached hydrogens (tertiary/aromatic N) is 2. The molecule has 1 aromatic heterocycles. The zero-order valence-corrected chi connectivity index (χ0v) is 12.8. The molecular weight excluding hydrogens is 274 g/mol. The summed E-state index contributed by atoms with van der Waals surface area (Å²) in [6, 6.07) is 0.237. The van der Waals surface area contributed by atoms with E-state index in [0.29, 0.717) is 6.42 Å². The minimum Gasteiger partial charge on any atom is -0.353 e. The average Bonchev–Trinajstić information content (AvgIpc) is 3.04. The molecule has 1 N–H and O–H groups in total. The Balaban J connectivity index is 1.92. The summed E-state index contributed by atoms with van der Waals surface area (Å²) in [6.45, 7) is 4.87. The van der Waals surface area contributed by atoms with E-state index in [1.54, 1.807) is 4.90 Å². The fourth-order valence-electron chi connectivity index (χ4n) is 2.29. The van der Waals surface area contributed by atoms with Gasteiger partial charge in [-0.2, -0.15) is 0 Å². The van der Waals surface area contributed by atoms with Crippen molar-refractivity contribution in [2.45, 2.75) is 52.0 Å². The van der Waals surface area contributed by atoms with E-state index in [2.05, 4.69) is 24.1 Å². The van der Waals surface area contributed by atoms with Gasteiger partial charge in [-0.25, -0.2) is 4.98 Å². The minimum absolute atomic E-state index is 0.00305. The predicted octanol–water partition coefficient (Wildman–Crippen LogP) is 2.12. The molecule has 6 heteroatoms. The Kier molecular flexibility index (Phi) is 5.11. The highest BCUT2D eigenvalue weighted by molar-refractivity contribution is 7.14. The molecule has 5 nitrogen and oxygen atoms in total. The topological polar surface area (TPSA) is 62.3 Å². The van der Waals surface area contributed by atoms with Gasteiger partial charge in [-0.15, -0.1) is 11.3 Å². The maximum atomic E-state index is 11.9. The first kappa shape index (κ1) is 15.0. The second kappa shape index (κ2) is 6.83. The highest BCUT2D eigenvalue weighted by Crippen LogP contribution is 2.25. The SMILES string of the molecule is CCC(CC)NC(=O)Cc1csc(N2CCCC2=O)n1. The Bertz CT molecular complexity index is 483. The Morgan fingerprint density at radius 3 is 2.85 bits per heavy atom. The molecule has 2 rings (SSSR count). The first-order valence-corrected chi connectivity index (χ1v) is 8.06. The fraction of sp³-hybridized carbons (Fsp3) is 0.643. The van der Waals surface area contributed by atoms with Gasteiger partial charge in [0.2, 0.25) is 11.8 Å². The van der Waals surface area contributed by atoms with Gasteiger partial charge in [-0.05, 0) is 19.3 Å². The van der Waals surface area contributed by atoms with Crippen LogP contribution in [-0.2, 0) is 16.0 Å². The number of hydrogen-bond donors (Lipinski definition) is 1. The lowest BCUT2D eigenvalue weighted by Crippen LogP contribution is -2.34. The summed E-state index contributed by atoms with van der Waals surface area (Å²) in [6.07, 6.45) is 3.65. The molecule has 0 radical (unpaired) electrons. The number of anilines is 1. The molecule has 1 aliphatic heterocycles. The van der Waals surface area contributed by atoms with Crippen molar-refractivity contribution in [3.05, 3.63) is 11.1 Å². The molecule has 2 heterocycles. The standard InChI is InChI=1S/C14H21N3O2S/c1-3-10(4-2)15-12(18)8-11-9-20-14(16-11)17-7-5-6-13(17)19/h9-10H,3-8H2,1-2H3,(H,15,18). The molecule has 0 saturated carbocycles. The Morgan fingerprint density at radius 1 is 1.50 bits per heavy atom. The summed E-state index contributed by atoms with van der Waals surface area (Å²) in [7, 11) is 0. The van der Waals surface area contributed by atoms with Gasteiger partial charge in [0.05, 0.1) is 12.1 Å². The van der Waals surface area contributed by atoms with Crippen LogP contribution in [0, 0.1) is 0 Å². The second-order valence-electron chi connectivity index (χ2n) is 5.03. The monoisotopic (exact) mass is 295 g/mol. The maximum Gasteiger partial charge on any atom is 0.228 e. The third-order valence-electron chi connectivity index (χ3n) is 3.54. The van der Waals surface area contributed by atoms with E-state index < -0.39 is 0 Å². The van der Waals surface area contributed by atoms with Crippen molar-refractivity contribution < 1.29 is 9.59 Å². The number of thiazole rings is 1. The highest BCUT2D eigenvalue weighted by Gasteiger charge is 2.24. The van der Waals surface area contributed by atoms with Crippen LogP contribution in [0.2, 0.25) is 0 Å². The molecule has 110 valence electrons. The van der Waals surface area contributed by atoms with E-state index in [-0.39, 0.29) is 24.3 Å². The molecule has 1 aliphatic rings. The molecule has 1 aromatic rings.